The molecule has 1 spiro atoms. The van der Waals surface area contributed by atoms with Gasteiger partial charge >= 0.3 is 0 Å². The summed E-state index contributed by atoms with van der Waals surface area (Å²) in [6.45, 7) is 0. The summed E-state index contributed by atoms with van der Waals surface area (Å²) >= 11 is 0. The lowest BCUT2D eigenvalue weighted by atomic mass is 9.70. The number of nitrogens with zero attached hydrogens (tertiary/aromatic N) is 2. The second kappa shape index (κ2) is 16.4. The summed E-state index contributed by atoms with van der Waals surface area (Å²) in [5.41, 5.74) is 19.4. The van der Waals surface area contributed by atoms with E-state index in [4.69, 9.17) is 9.47 Å². The van der Waals surface area contributed by atoms with Crippen LogP contribution in [0.25, 0.3) is 44.5 Å². The molecule has 0 saturated carbocycles. The smallest absolute Gasteiger partial charge is 0.178 e. The van der Waals surface area contributed by atoms with Crippen LogP contribution < -0.4 is 19.3 Å². The molecule has 0 radical (unpaired) electrons. The number of para-hydroxylation sites is 4. The molecule has 1 heterocycles. The van der Waals surface area contributed by atoms with Gasteiger partial charge in [0.15, 0.2) is 23.0 Å². The first-order valence-corrected chi connectivity index (χ1v) is 24.3. The van der Waals surface area contributed by atoms with E-state index in [1.54, 1.807) is 0 Å². The topological polar surface area (TPSA) is 24.9 Å². The molecular weight excluding hydrogens is 865 g/mol. The van der Waals surface area contributed by atoms with E-state index in [2.05, 4.69) is 277 Å². The number of benzene rings is 11. The minimum Gasteiger partial charge on any atom is -0.449 e. The van der Waals surface area contributed by atoms with Gasteiger partial charge in [-0.25, -0.2) is 0 Å². The maximum absolute atomic E-state index is 7.50. The Labute approximate surface area is 413 Å². The highest BCUT2D eigenvalue weighted by atomic mass is 16.6. The van der Waals surface area contributed by atoms with E-state index in [0.29, 0.717) is 23.0 Å². The quantitative estimate of drug-likeness (QED) is 0.152. The third-order valence-electron chi connectivity index (χ3n) is 14.5. The van der Waals surface area contributed by atoms with E-state index in [-0.39, 0.29) is 0 Å². The number of rotatable bonds is 8. The molecule has 334 valence electrons. The number of anilines is 6. The number of ether oxygens (including phenoxy) is 2. The SMILES string of the molecule is c1ccc(-c2ccccc2N(c2ccccc2)c2cc3c(cc2N(c2ccccc2)c2ccccc2-c2ccccc2)Oc2c(ccc4c2-c2ccccc2C42c4ccccc4-c4ccccc42)O3)cc1. The van der Waals surface area contributed by atoms with Crippen molar-refractivity contribution >= 4 is 34.1 Å². The molecule has 0 saturated heterocycles. The summed E-state index contributed by atoms with van der Waals surface area (Å²) in [6, 6.07) is 95.3. The minimum atomic E-state index is -0.527. The van der Waals surface area contributed by atoms with Crippen LogP contribution in [-0.2, 0) is 5.41 Å². The molecule has 3 aliphatic rings. The first kappa shape index (κ1) is 40.7. The Hall–Kier alpha value is -9.38. The second-order valence-corrected chi connectivity index (χ2v) is 18.3. The molecule has 2 aliphatic carbocycles. The highest BCUT2D eigenvalue weighted by molar-refractivity contribution is 6.01. The lowest BCUT2D eigenvalue weighted by molar-refractivity contribution is 0.360. The van der Waals surface area contributed by atoms with E-state index in [0.717, 1.165) is 67.5 Å². The maximum atomic E-state index is 7.50. The first-order valence-electron chi connectivity index (χ1n) is 24.3. The van der Waals surface area contributed by atoms with Crippen molar-refractivity contribution in [2.45, 2.75) is 5.41 Å². The predicted octanol–water partition coefficient (Wildman–Crippen LogP) is 18.2. The van der Waals surface area contributed by atoms with E-state index in [1.807, 2.05) is 0 Å². The molecule has 0 aromatic heterocycles. The molecule has 0 unspecified atom stereocenters. The zero-order valence-corrected chi connectivity index (χ0v) is 38.6. The van der Waals surface area contributed by atoms with Crippen LogP contribution in [0.4, 0.5) is 34.1 Å². The highest BCUT2D eigenvalue weighted by Crippen LogP contribution is 2.67. The Morgan fingerprint density at radius 3 is 1.14 bits per heavy atom. The van der Waals surface area contributed by atoms with Crippen molar-refractivity contribution in [2.24, 2.45) is 0 Å². The molecule has 1 aliphatic heterocycles. The Morgan fingerprint density at radius 2 is 0.648 bits per heavy atom. The summed E-state index contributed by atoms with van der Waals surface area (Å²) < 4.78 is 14.8. The molecule has 0 bridgehead atoms. The van der Waals surface area contributed by atoms with Crippen molar-refractivity contribution in [1.29, 1.82) is 0 Å². The summed E-state index contributed by atoms with van der Waals surface area (Å²) in [4.78, 5) is 4.75. The third-order valence-corrected chi connectivity index (χ3v) is 14.5. The van der Waals surface area contributed by atoms with Gasteiger partial charge < -0.3 is 19.3 Å². The Balaban J connectivity index is 1.04. The molecule has 0 atom stereocenters. The predicted molar refractivity (Wildman–Crippen MR) is 290 cm³/mol. The van der Waals surface area contributed by atoms with Crippen molar-refractivity contribution in [3.63, 3.8) is 0 Å². The molecule has 0 amide bonds. The summed E-state index contributed by atoms with van der Waals surface area (Å²) in [5, 5.41) is 0. The zero-order chi connectivity index (χ0) is 46.9. The lowest BCUT2D eigenvalue weighted by Crippen LogP contribution is -2.25. The van der Waals surface area contributed by atoms with E-state index in [1.165, 1.54) is 33.4 Å². The van der Waals surface area contributed by atoms with Crippen LogP contribution >= 0.6 is 0 Å². The van der Waals surface area contributed by atoms with Crippen LogP contribution in [0.1, 0.15) is 22.3 Å². The van der Waals surface area contributed by atoms with Gasteiger partial charge in [-0.05, 0) is 92.5 Å². The number of hydrogen-bond donors (Lipinski definition) is 0. The fourth-order valence-corrected chi connectivity index (χ4v) is 11.6. The van der Waals surface area contributed by atoms with Crippen molar-refractivity contribution < 1.29 is 9.47 Å². The fraction of sp³-hybridized carbons (Fsp3) is 0.0149. The van der Waals surface area contributed by atoms with Crippen molar-refractivity contribution in [2.75, 3.05) is 9.80 Å². The number of hydrogen-bond acceptors (Lipinski definition) is 4. The number of fused-ring (bicyclic) bond motifs is 13. The van der Waals surface area contributed by atoms with Gasteiger partial charge in [-0.3, -0.25) is 0 Å². The van der Waals surface area contributed by atoms with Gasteiger partial charge in [-0.2, -0.15) is 0 Å². The Morgan fingerprint density at radius 1 is 0.268 bits per heavy atom. The minimum absolute atomic E-state index is 0.527. The van der Waals surface area contributed by atoms with Crippen molar-refractivity contribution in [3.8, 4) is 67.5 Å². The largest absolute Gasteiger partial charge is 0.449 e. The zero-order valence-electron chi connectivity index (χ0n) is 38.6. The van der Waals surface area contributed by atoms with Crippen molar-refractivity contribution in [3.05, 3.63) is 289 Å². The van der Waals surface area contributed by atoms with Crippen LogP contribution in [0.5, 0.6) is 23.0 Å². The monoisotopic (exact) mass is 908 g/mol. The van der Waals surface area contributed by atoms with Gasteiger partial charge in [0, 0.05) is 40.2 Å². The second-order valence-electron chi connectivity index (χ2n) is 18.3. The van der Waals surface area contributed by atoms with Gasteiger partial charge in [0.2, 0.25) is 0 Å². The molecule has 0 N–H and O–H groups in total. The molecule has 4 heteroatoms. The highest BCUT2D eigenvalue weighted by Gasteiger charge is 2.53. The normalized spacial score (nSPS) is 12.8. The molecule has 11 aromatic carbocycles. The van der Waals surface area contributed by atoms with Gasteiger partial charge in [-0.1, -0.05) is 212 Å². The maximum Gasteiger partial charge on any atom is 0.178 e. The molecule has 11 aromatic rings. The first-order chi connectivity index (χ1) is 35.3. The summed E-state index contributed by atoms with van der Waals surface area (Å²) in [7, 11) is 0. The van der Waals surface area contributed by atoms with E-state index >= 15 is 0 Å². The van der Waals surface area contributed by atoms with Crippen LogP contribution in [0, 0.1) is 0 Å². The van der Waals surface area contributed by atoms with Gasteiger partial charge in [0.1, 0.15) is 0 Å². The fourth-order valence-electron chi connectivity index (χ4n) is 11.6. The van der Waals surface area contributed by atoms with Crippen LogP contribution in [0.3, 0.4) is 0 Å². The van der Waals surface area contributed by atoms with Crippen LogP contribution in [0.15, 0.2) is 267 Å². The Bertz CT molecular complexity index is 3790. The average Bonchev–Trinajstić information content (AvgIpc) is 3.92. The van der Waals surface area contributed by atoms with Crippen LogP contribution in [0.2, 0.25) is 0 Å². The van der Waals surface area contributed by atoms with Crippen LogP contribution in [-0.4, -0.2) is 0 Å². The summed E-state index contributed by atoms with van der Waals surface area (Å²) in [5.74, 6) is 2.63. The van der Waals surface area contributed by atoms with Gasteiger partial charge in [-0.15, -0.1) is 0 Å². The van der Waals surface area contributed by atoms with Crippen molar-refractivity contribution in [1.82, 2.24) is 0 Å². The van der Waals surface area contributed by atoms with E-state index in [9.17, 15) is 0 Å². The van der Waals surface area contributed by atoms with Gasteiger partial charge in [0.05, 0.1) is 28.2 Å². The van der Waals surface area contributed by atoms with E-state index < -0.39 is 5.41 Å². The lowest BCUT2D eigenvalue weighted by Gasteiger charge is -2.36. The molecule has 0 fully saturated rings. The average molecular weight is 909 g/mol. The third kappa shape index (κ3) is 6.25. The molecule has 4 nitrogen and oxygen atoms in total. The van der Waals surface area contributed by atoms with Gasteiger partial charge in [0.25, 0.3) is 0 Å². The summed E-state index contributed by atoms with van der Waals surface area (Å²) in [6.07, 6.45) is 0. The Kier molecular flexibility index (Phi) is 9.39. The standard InChI is InChI=1S/C67H44N2O2/c1-5-23-45(24-6-1)49-31-16-21-39-58(49)68(47-27-9-3-10-28-47)60-43-63-64(44-61(60)69(48-29-11-4-12-30-48)59-40-22-17-32-50(59)46-25-7-2-8-26-46)71-66-62(70-63)42-41-57-65(66)53-35-15-20-38-56(53)67(57)54-36-18-13-33-51(54)52-34-14-19-37-55(52)67/h1-44H. The molecular formula is C67H44N2O2. The molecule has 71 heavy (non-hydrogen) atoms. The molecule has 14 rings (SSSR count).